The minimum Gasteiger partial charge on any atom is -0.497 e. The largest absolute Gasteiger partial charge is 0.497 e. The molecule has 3 aromatic heterocycles. The summed E-state index contributed by atoms with van der Waals surface area (Å²) in [5.41, 5.74) is 3.68. The SMILES string of the molecule is COc1cccc(-n2c(-c3ccc(Br)o3)nc3nc4ccccc4nc32)c1. The molecule has 0 aliphatic carbocycles. The summed E-state index contributed by atoms with van der Waals surface area (Å²) in [6.07, 6.45) is 0. The molecule has 0 aliphatic heterocycles. The molecule has 0 aliphatic rings. The monoisotopic (exact) mass is 420 g/mol. The fraction of sp³-hybridized carbons (Fsp3) is 0.0500. The number of hydrogen-bond donors (Lipinski definition) is 0. The van der Waals surface area contributed by atoms with E-state index in [4.69, 9.17) is 19.1 Å². The minimum absolute atomic E-state index is 0.555. The van der Waals surface area contributed by atoms with Crippen LogP contribution in [-0.2, 0) is 0 Å². The zero-order valence-electron chi connectivity index (χ0n) is 14.3. The highest BCUT2D eigenvalue weighted by molar-refractivity contribution is 9.10. The van der Waals surface area contributed by atoms with Crippen LogP contribution in [-0.4, -0.2) is 26.6 Å². The fourth-order valence-corrected chi connectivity index (χ4v) is 3.36. The van der Waals surface area contributed by atoms with Crippen LogP contribution in [0.15, 0.2) is 69.8 Å². The van der Waals surface area contributed by atoms with E-state index in [1.807, 2.05) is 65.2 Å². The number of hydrogen-bond acceptors (Lipinski definition) is 5. The Hall–Kier alpha value is -3.19. The number of furan rings is 1. The number of halogens is 1. The lowest BCUT2D eigenvalue weighted by Crippen LogP contribution is -1.99. The molecule has 27 heavy (non-hydrogen) atoms. The summed E-state index contributed by atoms with van der Waals surface area (Å²) >= 11 is 3.36. The lowest BCUT2D eigenvalue weighted by atomic mass is 10.3. The van der Waals surface area contributed by atoms with E-state index in [9.17, 15) is 0 Å². The summed E-state index contributed by atoms with van der Waals surface area (Å²) in [6.45, 7) is 0. The molecule has 3 heterocycles. The van der Waals surface area contributed by atoms with Crippen LogP contribution in [0.1, 0.15) is 0 Å². The van der Waals surface area contributed by atoms with Crippen molar-refractivity contribution >= 4 is 38.3 Å². The van der Waals surface area contributed by atoms with Crippen molar-refractivity contribution in [3.8, 4) is 23.0 Å². The second-order valence-corrected chi connectivity index (χ2v) is 6.72. The number of nitrogens with zero attached hydrogens (tertiary/aromatic N) is 4. The van der Waals surface area contributed by atoms with Crippen LogP contribution < -0.4 is 4.74 Å². The van der Waals surface area contributed by atoms with Gasteiger partial charge < -0.3 is 9.15 Å². The van der Waals surface area contributed by atoms with Gasteiger partial charge in [-0.05, 0) is 52.3 Å². The molecule has 6 nitrogen and oxygen atoms in total. The molecule has 2 aromatic carbocycles. The Bertz CT molecular complexity index is 1290. The summed E-state index contributed by atoms with van der Waals surface area (Å²) in [6, 6.07) is 19.2. The third-order valence-corrected chi connectivity index (χ3v) is 4.70. The summed E-state index contributed by atoms with van der Waals surface area (Å²) in [4.78, 5) is 14.2. The number of rotatable bonds is 3. The van der Waals surface area contributed by atoms with Gasteiger partial charge in [-0.25, -0.2) is 15.0 Å². The molecule has 0 saturated carbocycles. The molecule has 132 valence electrons. The molecule has 0 atom stereocenters. The summed E-state index contributed by atoms with van der Waals surface area (Å²) in [5, 5.41) is 0. The zero-order chi connectivity index (χ0) is 18.4. The van der Waals surface area contributed by atoms with Crippen LogP contribution in [0.5, 0.6) is 5.75 Å². The summed E-state index contributed by atoms with van der Waals surface area (Å²) < 4.78 is 13.7. The Kier molecular flexibility index (Phi) is 3.68. The molecular weight excluding hydrogens is 408 g/mol. The third kappa shape index (κ3) is 2.67. The Labute approximate surface area is 162 Å². The topological polar surface area (TPSA) is 66.0 Å². The number of aromatic nitrogens is 4. The van der Waals surface area contributed by atoms with Crippen LogP contribution >= 0.6 is 15.9 Å². The van der Waals surface area contributed by atoms with Crippen LogP contribution in [0, 0.1) is 0 Å². The molecule has 0 N–H and O–H groups in total. The maximum atomic E-state index is 5.76. The Morgan fingerprint density at radius 1 is 0.926 bits per heavy atom. The molecular formula is C20H13BrN4O2. The van der Waals surface area contributed by atoms with E-state index in [0.29, 0.717) is 27.5 Å². The summed E-state index contributed by atoms with van der Waals surface area (Å²) in [5.74, 6) is 1.99. The van der Waals surface area contributed by atoms with E-state index >= 15 is 0 Å². The first-order chi connectivity index (χ1) is 13.2. The number of para-hydroxylation sites is 2. The predicted octanol–water partition coefficient (Wildman–Crippen LogP) is 5.00. The number of benzene rings is 2. The van der Waals surface area contributed by atoms with Gasteiger partial charge in [0, 0.05) is 6.07 Å². The van der Waals surface area contributed by atoms with Crippen LogP contribution in [0.25, 0.3) is 39.6 Å². The standard InChI is InChI=1S/C20H13BrN4O2/c1-26-13-6-4-5-12(11-13)25-19(16-9-10-17(21)27-16)24-18-20(25)23-15-8-3-2-7-14(15)22-18/h2-11H,1H3. The van der Waals surface area contributed by atoms with Crippen LogP contribution in [0.2, 0.25) is 0 Å². The van der Waals surface area contributed by atoms with Crippen molar-refractivity contribution in [2.45, 2.75) is 0 Å². The van der Waals surface area contributed by atoms with Crippen LogP contribution in [0.3, 0.4) is 0 Å². The lowest BCUT2D eigenvalue weighted by Gasteiger charge is -2.09. The van der Waals surface area contributed by atoms with Crippen molar-refractivity contribution in [2.75, 3.05) is 7.11 Å². The average molecular weight is 421 g/mol. The maximum absolute atomic E-state index is 5.76. The first kappa shape index (κ1) is 16.0. The first-order valence-electron chi connectivity index (χ1n) is 8.28. The zero-order valence-corrected chi connectivity index (χ0v) is 15.8. The minimum atomic E-state index is 0.555. The van der Waals surface area contributed by atoms with E-state index in [-0.39, 0.29) is 0 Å². The first-order valence-corrected chi connectivity index (χ1v) is 9.07. The molecule has 5 rings (SSSR count). The van der Waals surface area contributed by atoms with Gasteiger partial charge in [0.15, 0.2) is 27.5 Å². The molecule has 0 fully saturated rings. The van der Waals surface area contributed by atoms with Crippen molar-refractivity contribution in [2.24, 2.45) is 0 Å². The Morgan fingerprint density at radius 2 is 1.74 bits per heavy atom. The molecule has 7 heteroatoms. The van der Waals surface area contributed by atoms with Crippen LogP contribution in [0.4, 0.5) is 0 Å². The van der Waals surface area contributed by atoms with E-state index in [1.165, 1.54) is 0 Å². The normalized spacial score (nSPS) is 11.3. The molecule has 0 saturated heterocycles. The van der Waals surface area contributed by atoms with E-state index in [2.05, 4.69) is 20.9 Å². The van der Waals surface area contributed by atoms with Gasteiger partial charge in [-0.15, -0.1) is 0 Å². The van der Waals surface area contributed by atoms with Gasteiger partial charge in [0.2, 0.25) is 0 Å². The number of fused-ring (bicyclic) bond motifs is 2. The second-order valence-electron chi connectivity index (χ2n) is 5.94. The molecule has 0 amide bonds. The number of ether oxygens (including phenoxy) is 1. The highest BCUT2D eigenvalue weighted by Gasteiger charge is 2.20. The van der Waals surface area contributed by atoms with Gasteiger partial charge in [-0.2, -0.15) is 0 Å². The van der Waals surface area contributed by atoms with Gasteiger partial charge in [-0.3, -0.25) is 4.57 Å². The third-order valence-electron chi connectivity index (χ3n) is 4.27. The van der Waals surface area contributed by atoms with Crippen molar-refractivity contribution in [1.29, 1.82) is 0 Å². The highest BCUT2D eigenvalue weighted by Crippen LogP contribution is 2.31. The lowest BCUT2D eigenvalue weighted by molar-refractivity contribution is 0.414. The van der Waals surface area contributed by atoms with Crippen molar-refractivity contribution in [1.82, 2.24) is 19.5 Å². The molecule has 0 spiro atoms. The maximum Gasteiger partial charge on any atom is 0.199 e. The van der Waals surface area contributed by atoms with E-state index < -0.39 is 0 Å². The number of imidazole rings is 1. The van der Waals surface area contributed by atoms with E-state index in [0.717, 1.165) is 22.5 Å². The van der Waals surface area contributed by atoms with Gasteiger partial charge in [-0.1, -0.05) is 18.2 Å². The van der Waals surface area contributed by atoms with Crippen molar-refractivity contribution in [3.63, 3.8) is 0 Å². The molecule has 0 unspecified atom stereocenters. The fourth-order valence-electron chi connectivity index (χ4n) is 3.05. The highest BCUT2D eigenvalue weighted by atomic mass is 79.9. The van der Waals surface area contributed by atoms with Gasteiger partial charge in [0.05, 0.1) is 23.8 Å². The smallest absolute Gasteiger partial charge is 0.199 e. The predicted molar refractivity (Wildman–Crippen MR) is 106 cm³/mol. The quantitative estimate of drug-likeness (QED) is 0.410. The molecule has 0 bridgehead atoms. The Morgan fingerprint density at radius 3 is 2.48 bits per heavy atom. The van der Waals surface area contributed by atoms with Gasteiger partial charge in [0.1, 0.15) is 5.75 Å². The van der Waals surface area contributed by atoms with E-state index in [1.54, 1.807) is 7.11 Å². The number of methoxy groups -OCH3 is 1. The average Bonchev–Trinajstić information content (AvgIpc) is 3.29. The Balaban J connectivity index is 1.87. The van der Waals surface area contributed by atoms with Gasteiger partial charge in [0.25, 0.3) is 0 Å². The summed E-state index contributed by atoms with van der Waals surface area (Å²) in [7, 11) is 1.64. The molecule has 5 aromatic rings. The second kappa shape index (κ2) is 6.21. The van der Waals surface area contributed by atoms with Gasteiger partial charge >= 0.3 is 0 Å². The molecule has 0 radical (unpaired) electrons. The van der Waals surface area contributed by atoms with Crippen molar-refractivity contribution < 1.29 is 9.15 Å². The van der Waals surface area contributed by atoms with Crippen molar-refractivity contribution in [3.05, 3.63) is 65.3 Å².